The fourth-order valence-corrected chi connectivity index (χ4v) is 3.74. The van der Waals surface area contributed by atoms with Crippen molar-refractivity contribution in [2.45, 2.75) is 44.2 Å². The van der Waals surface area contributed by atoms with E-state index in [0.717, 1.165) is 25.7 Å². The first-order valence-corrected chi connectivity index (χ1v) is 7.39. The van der Waals surface area contributed by atoms with Gasteiger partial charge in [0.15, 0.2) is 0 Å². The molecule has 21 heavy (non-hydrogen) atoms. The Hall–Kier alpha value is -1.91. The molecule has 1 amide bonds. The number of amides is 1. The number of halogens is 1. The zero-order valence-corrected chi connectivity index (χ0v) is 11.7. The zero-order chi connectivity index (χ0) is 15.0. The molecule has 2 aliphatic rings. The van der Waals surface area contributed by atoms with Gasteiger partial charge in [0, 0.05) is 11.6 Å². The van der Waals surface area contributed by atoms with Gasteiger partial charge in [0.25, 0.3) is 5.91 Å². The van der Waals surface area contributed by atoms with E-state index in [0.29, 0.717) is 6.42 Å². The number of likely N-dealkylation sites (tertiary alicyclic amines) is 1. The van der Waals surface area contributed by atoms with Crippen LogP contribution in [-0.2, 0) is 4.79 Å². The van der Waals surface area contributed by atoms with Crippen LogP contribution < -0.4 is 0 Å². The summed E-state index contributed by atoms with van der Waals surface area (Å²) in [6.07, 6.45) is 4.44. The van der Waals surface area contributed by atoms with Crippen LogP contribution in [0.25, 0.3) is 0 Å². The van der Waals surface area contributed by atoms with Crippen LogP contribution in [0.4, 0.5) is 4.39 Å². The molecule has 1 heterocycles. The molecule has 1 aromatic carbocycles. The Kier molecular flexibility index (Phi) is 3.66. The van der Waals surface area contributed by atoms with Crippen LogP contribution >= 0.6 is 0 Å². The number of hydrogen-bond acceptors (Lipinski definition) is 2. The molecule has 1 aliphatic carbocycles. The largest absolute Gasteiger partial charge is 0.480 e. The van der Waals surface area contributed by atoms with Gasteiger partial charge in [-0.15, -0.1) is 0 Å². The van der Waals surface area contributed by atoms with E-state index < -0.39 is 17.8 Å². The highest BCUT2D eigenvalue weighted by atomic mass is 19.1. The lowest BCUT2D eigenvalue weighted by molar-refractivity contribution is -0.141. The second kappa shape index (κ2) is 5.47. The third-order valence-electron chi connectivity index (χ3n) is 4.68. The number of carbonyl (C=O) groups is 2. The van der Waals surface area contributed by atoms with Gasteiger partial charge in [0.2, 0.25) is 0 Å². The van der Waals surface area contributed by atoms with Gasteiger partial charge in [-0.1, -0.05) is 18.9 Å². The van der Waals surface area contributed by atoms with Gasteiger partial charge in [0.05, 0.1) is 0 Å². The minimum Gasteiger partial charge on any atom is -0.480 e. The van der Waals surface area contributed by atoms with Crippen molar-refractivity contribution in [2.75, 3.05) is 0 Å². The number of carboxylic acids is 1. The van der Waals surface area contributed by atoms with Gasteiger partial charge in [-0.3, -0.25) is 4.79 Å². The number of rotatable bonds is 2. The Morgan fingerprint density at radius 2 is 2.00 bits per heavy atom. The monoisotopic (exact) mass is 291 g/mol. The third kappa shape index (κ3) is 2.52. The Labute approximate surface area is 122 Å². The van der Waals surface area contributed by atoms with Crippen molar-refractivity contribution < 1.29 is 19.1 Å². The minimum atomic E-state index is -0.964. The van der Waals surface area contributed by atoms with Gasteiger partial charge in [-0.05, 0) is 43.4 Å². The molecule has 0 spiro atoms. The molecule has 2 fully saturated rings. The molecule has 1 saturated heterocycles. The summed E-state index contributed by atoms with van der Waals surface area (Å²) >= 11 is 0. The van der Waals surface area contributed by atoms with Crippen molar-refractivity contribution in [3.8, 4) is 0 Å². The van der Waals surface area contributed by atoms with Crippen LogP contribution in [0.2, 0.25) is 0 Å². The minimum absolute atomic E-state index is 0.0179. The van der Waals surface area contributed by atoms with Crippen LogP contribution in [0.3, 0.4) is 0 Å². The standard InChI is InChI=1S/C16H18FNO3/c17-12-6-3-5-11(8-12)15(19)18-13-7-2-1-4-10(13)9-14(18)16(20)21/h3,5-6,8,10,13-14H,1-2,4,7,9H2,(H,20,21)/t10-,13+,14-/m0/s1. The van der Waals surface area contributed by atoms with E-state index in [4.69, 9.17) is 0 Å². The maximum absolute atomic E-state index is 13.3. The first-order valence-electron chi connectivity index (χ1n) is 7.39. The molecule has 112 valence electrons. The molecule has 0 unspecified atom stereocenters. The van der Waals surface area contributed by atoms with Crippen molar-refractivity contribution in [2.24, 2.45) is 5.92 Å². The Balaban J connectivity index is 1.92. The quantitative estimate of drug-likeness (QED) is 0.911. The molecule has 1 saturated carbocycles. The van der Waals surface area contributed by atoms with Crippen LogP contribution in [0, 0.1) is 11.7 Å². The highest BCUT2D eigenvalue weighted by Crippen LogP contribution is 2.40. The fraction of sp³-hybridized carbons (Fsp3) is 0.500. The summed E-state index contributed by atoms with van der Waals surface area (Å²) in [5.41, 5.74) is 0.229. The smallest absolute Gasteiger partial charge is 0.326 e. The van der Waals surface area contributed by atoms with Crippen molar-refractivity contribution in [1.29, 1.82) is 0 Å². The number of benzene rings is 1. The number of carboxylic acid groups (broad SMARTS) is 1. The molecule has 1 aromatic rings. The molecule has 5 heteroatoms. The number of fused-ring (bicyclic) bond motifs is 1. The van der Waals surface area contributed by atoms with Gasteiger partial charge in [-0.25, -0.2) is 9.18 Å². The van der Waals surface area contributed by atoms with Gasteiger partial charge >= 0.3 is 5.97 Å². The summed E-state index contributed by atoms with van der Waals surface area (Å²) in [6.45, 7) is 0. The molecular formula is C16H18FNO3. The molecule has 4 nitrogen and oxygen atoms in total. The predicted octanol–water partition coefficient (Wildman–Crippen LogP) is 2.68. The Morgan fingerprint density at radius 3 is 2.71 bits per heavy atom. The summed E-state index contributed by atoms with van der Waals surface area (Å²) in [5.74, 6) is -1.55. The number of aliphatic carboxylic acids is 1. The molecule has 0 radical (unpaired) electrons. The normalized spacial score (nSPS) is 28.2. The van der Waals surface area contributed by atoms with Crippen molar-refractivity contribution in [3.05, 3.63) is 35.6 Å². The summed E-state index contributed by atoms with van der Waals surface area (Å²) in [5, 5.41) is 9.41. The lowest BCUT2D eigenvalue weighted by Crippen LogP contribution is -2.46. The van der Waals surface area contributed by atoms with E-state index in [1.807, 2.05) is 0 Å². The first kappa shape index (κ1) is 14.0. The third-order valence-corrected chi connectivity index (χ3v) is 4.68. The van der Waals surface area contributed by atoms with E-state index in [9.17, 15) is 19.1 Å². The lowest BCUT2D eigenvalue weighted by Gasteiger charge is -2.33. The molecular weight excluding hydrogens is 273 g/mol. The predicted molar refractivity (Wildman–Crippen MR) is 74.4 cm³/mol. The average Bonchev–Trinajstić information content (AvgIpc) is 2.86. The lowest BCUT2D eigenvalue weighted by atomic mass is 9.84. The second-order valence-corrected chi connectivity index (χ2v) is 5.92. The summed E-state index contributed by atoms with van der Waals surface area (Å²) in [7, 11) is 0. The Bertz CT molecular complexity index is 574. The van der Waals surface area contributed by atoms with Gasteiger partial charge < -0.3 is 10.0 Å². The SMILES string of the molecule is O=C(O)[C@@H]1C[C@@H]2CCCC[C@H]2N1C(=O)c1cccc(F)c1. The molecule has 0 aromatic heterocycles. The second-order valence-electron chi connectivity index (χ2n) is 5.92. The van der Waals surface area contributed by atoms with E-state index in [2.05, 4.69) is 0 Å². The van der Waals surface area contributed by atoms with Crippen LogP contribution in [0.15, 0.2) is 24.3 Å². The van der Waals surface area contributed by atoms with Crippen molar-refractivity contribution in [1.82, 2.24) is 4.90 Å². The van der Waals surface area contributed by atoms with Crippen LogP contribution in [0.1, 0.15) is 42.5 Å². The van der Waals surface area contributed by atoms with Gasteiger partial charge in [0.1, 0.15) is 11.9 Å². The van der Waals surface area contributed by atoms with Crippen molar-refractivity contribution >= 4 is 11.9 Å². The van der Waals surface area contributed by atoms with E-state index in [1.54, 1.807) is 6.07 Å². The number of carbonyl (C=O) groups excluding carboxylic acids is 1. The van der Waals surface area contributed by atoms with Crippen LogP contribution in [-0.4, -0.2) is 34.0 Å². The maximum atomic E-state index is 13.3. The summed E-state index contributed by atoms with van der Waals surface area (Å²) < 4.78 is 13.3. The zero-order valence-electron chi connectivity index (χ0n) is 11.7. The number of hydrogen-bond donors (Lipinski definition) is 1. The summed E-state index contributed by atoms with van der Waals surface area (Å²) in [4.78, 5) is 25.6. The van der Waals surface area contributed by atoms with Crippen molar-refractivity contribution in [3.63, 3.8) is 0 Å². The molecule has 3 atom stereocenters. The van der Waals surface area contributed by atoms with Gasteiger partial charge in [-0.2, -0.15) is 0 Å². The topological polar surface area (TPSA) is 57.6 Å². The average molecular weight is 291 g/mol. The highest BCUT2D eigenvalue weighted by Gasteiger charge is 2.47. The molecule has 0 bridgehead atoms. The Morgan fingerprint density at radius 1 is 1.24 bits per heavy atom. The highest BCUT2D eigenvalue weighted by molar-refractivity contribution is 5.97. The number of nitrogens with zero attached hydrogens (tertiary/aromatic N) is 1. The fourth-order valence-electron chi connectivity index (χ4n) is 3.74. The summed E-state index contributed by atoms with van der Waals surface area (Å²) in [6, 6.07) is 4.67. The first-order chi connectivity index (χ1) is 10.1. The van der Waals surface area contributed by atoms with E-state index in [-0.39, 0.29) is 23.4 Å². The van der Waals surface area contributed by atoms with Crippen LogP contribution in [0.5, 0.6) is 0 Å². The van der Waals surface area contributed by atoms with E-state index >= 15 is 0 Å². The molecule has 1 N–H and O–H groups in total. The molecule has 3 rings (SSSR count). The van der Waals surface area contributed by atoms with E-state index in [1.165, 1.54) is 23.1 Å². The molecule has 1 aliphatic heterocycles. The maximum Gasteiger partial charge on any atom is 0.326 e.